The lowest BCUT2D eigenvalue weighted by molar-refractivity contribution is -0.146. The van der Waals surface area contributed by atoms with Gasteiger partial charge >= 0.3 is 5.97 Å². The first kappa shape index (κ1) is 15.4. The van der Waals surface area contributed by atoms with Gasteiger partial charge in [-0.15, -0.1) is 11.8 Å². The van der Waals surface area contributed by atoms with E-state index in [1.807, 2.05) is 11.8 Å². The van der Waals surface area contributed by atoms with Gasteiger partial charge in [0.15, 0.2) is 0 Å². The summed E-state index contributed by atoms with van der Waals surface area (Å²) in [5.41, 5.74) is 1.30. The van der Waals surface area contributed by atoms with E-state index in [0.29, 0.717) is 5.92 Å². The second kappa shape index (κ2) is 7.14. The molecule has 1 aliphatic rings. The molecule has 0 radical (unpaired) electrons. The molecule has 0 amide bonds. The van der Waals surface area contributed by atoms with Gasteiger partial charge in [0.1, 0.15) is 0 Å². The summed E-state index contributed by atoms with van der Waals surface area (Å²) in [6.45, 7) is 7.09. The van der Waals surface area contributed by atoms with E-state index in [1.54, 1.807) is 0 Å². The van der Waals surface area contributed by atoms with Gasteiger partial charge in [0.25, 0.3) is 0 Å². The molecule has 0 bridgehead atoms. The smallest absolute Gasteiger partial charge is 0.310 e. The van der Waals surface area contributed by atoms with E-state index in [1.165, 1.54) is 17.6 Å². The molecular formula is C16H23NO2S. The summed E-state index contributed by atoms with van der Waals surface area (Å²) in [7, 11) is 1.48. The number of esters is 1. The first-order chi connectivity index (χ1) is 9.60. The van der Waals surface area contributed by atoms with Crippen molar-refractivity contribution in [3.63, 3.8) is 0 Å². The third-order valence-electron chi connectivity index (χ3n) is 3.89. The quantitative estimate of drug-likeness (QED) is 0.617. The summed E-state index contributed by atoms with van der Waals surface area (Å²) in [4.78, 5) is 15.3. The number of hydrogen-bond acceptors (Lipinski definition) is 4. The maximum atomic E-state index is 11.6. The Morgan fingerprint density at radius 2 is 2.05 bits per heavy atom. The second-order valence-corrected chi connectivity index (χ2v) is 6.70. The fraction of sp³-hybridized carbons (Fsp3) is 0.562. The van der Waals surface area contributed by atoms with Gasteiger partial charge in [0, 0.05) is 30.3 Å². The molecule has 1 aromatic rings. The van der Waals surface area contributed by atoms with Crippen LogP contribution in [0.3, 0.4) is 0 Å². The number of benzene rings is 1. The number of nitrogens with zero attached hydrogens (tertiary/aromatic N) is 1. The molecule has 2 rings (SSSR count). The zero-order valence-corrected chi connectivity index (χ0v) is 13.3. The molecule has 1 fully saturated rings. The van der Waals surface area contributed by atoms with Crippen LogP contribution in [0.25, 0.3) is 0 Å². The second-order valence-electron chi connectivity index (χ2n) is 5.53. The molecule has 3 nitrogen and oxygen atoms in total. The largest absolute Gasteiger partial charge is 0.469 e. The minimum absolute atomic E-state index is 0.0457. The molecule has 4 heteroatoms. The summed E-state index contributed by atoms with van der Waals surface area (Å²) in [5.74, 6) is 1.44. The standard InChI is InChI=1S/C16H23NO2S/c1-12-4-6-14(7-5-12)20-9-8-17-10-13(2)15(11-17)16(18)19-3/h4-7,13,15H,8-11H2,1-3H3. The Balaban J connectivity index is 1.75. The molecule has 1 heterocycles. The molecule has 20 heavy (non-hydrogen) atoms. The van der Waals surface area contributed by atoms with E-state index in [4.69, 9.17) is 4.74 Å². The molecule has 1 saturated heterocycles. The Morgan fingerprint density at radius 1 is 1.35 bits per heavy atom. The minimum atomic E-state index is -0.0637. The van der Waals surface area contributed by atoms with E-state index < -0.39 is 0 Å². The number of methoxy groups -OCH3 is 1. The van der Waals surface area contributed by atoms with Gasteiger partial charge in [-0.05, 0) is 25.0 Å². The number of likely N-dealkylation sites (tertiary alicyclic amines) is 1. The molecule has 0 aliphatic carbocycles. The number of carbonyl (C=O) groups is 1. The monoisotopic (exact) mass is 293 g/mol. The highest BCUT2D eigenvalue weighted by Crippen LogP contribution is 2.25. The predicted molar refractivity (Wildman–Crippen MR) is 83.0 cm³/mol. The average molecular weight is 293 g/mol. The van der Waals surface area contributed by atoms with Crippen LogP contribution in [-0.4, -0.2) is 43.4 Å². The zero-order valence-electron chi connectivity index (χ0n) is 12.5. The van der Waals surface area contributed by atoms with Crippen LogP contribution in [0.15, 0.2) is 29.2 Å². The van der Waals surface area contributed by atoms with Crippen molar-refractivity contribution in [1.29, 1.82) is 0 Å². The van der Waals surface area contributed by atoms with Crippen molar-refractivity contribution in [3.05, 3.63) is 29.8 Å². The van der Waals surface area contributed by atoms with Crippen LogP contribution >= 0.6 is 11.8 Å². The van der Waals surface area contributed by atoms with Gasteiger partial charge < -0.3 is 9.64 Å². The molecular weight excluding hydrogens is 270 g/mol. The summed E-state index contributed by atoms with van der Waals surface area (Å²) in [6, 6.07) is 8.63. The Labute approximate surface area is 125 Å². The summed E-state index contributed by atoms with van der Waals surface area (Å²) < 4.78 is 4.87. The highest BCUT2D eigenvalue weighted by Gasteiger charge is 2.34. The zero-order chi connectivity index (χ0) is 14.5. The topological polar surface area (TPSA) is 29.5 Å². The molecule has 0 N–H and O–H groups in total. The summed E-state index contributed by atoms with van der Waals surface area (Å²) in [5, 5.41) is 0. The maximum Gasteiger partial charge on any atom is 0.310 e. The first-order valence-electron chi connectivity index (χ1n) is 7.10. The fourth-order valence-corrected chi connectivity index (χ4v) is 3.55. The maximum absolute atomic E-state index is 11.6. The number of carbonyl (C=O) groups excluding carboxylic acids is 1. The Morgan fingerprint density at radius 3 is 2.70 bits per heavy atom. The number of hydrogen-bond donors (Lipinski definition) is 0. The Bertz CT molecular complexity index is 446. The molecule has 1 aromatic carbocycles. The van der Waals surface area contributed by atoms with Crippen LogP contribution in [0.5, 0.6) is 0 Å². The molecule has 2 unspecified atom stereocenters. The fourth-order valence-electron chi connectivity index (χ4n) is 2.64. The van der Waals surface area contributed by atoms with E-state index in [9.17, 15) is 4.79 Å². The van der Waals surface area contributed by atoms with Crippen LogP contribution in [0, 0.1) is 18.8 Å². The van der Waals surface area contributed by atoms with Crippen LogP contribution in [0.2, 0.25) is 0 Å². The molecule has 0 saturated carbocycles. The van der Waals surface area contributed by atoms with Crippen molar-refractivity contribution >= 4 is 17.7 Å². The average Bonchev–Trinajstić information content (AvgIpc) is 2.81. The van der Waals surface area contributed by atoms with Gasteiger partial charge in [0.05, 0.1) is 13.0 Å². The van der Waals surface area contributed by atoms with Crippen LogP contribution in [-0.2, 0) is 9.53 Å². The van der Waals surface area contributed by atoms with Crippen LogP contribution in [0.4, 0.5) is 0 Å². The van der Waals surface area contributed by atoms with E-state index >= 15 is 0 Å². The van der Waals surface area contributed by atoms with E-state index in [-0.39, 0.29) is 11.9 Å². The molecule has 110 valence electrons. The van der Waals surface area contributed by atoms with E-state index in [2.05, 4.69) is 43.0 Å². The Kier molecular flexibility index (Phi) is 5.49. The van der Waals surface area contributed by atoms with E-state index in [0.717, 1.165) is 25.4 Å². The SMILES string of the molecule is COC(=O)C1CN(CCSc2ccc(C)cc2)CC1C. The van der Waals surface area contributed by atoms with Crippen molar-refractivity contribution in [2.75, 3.05) is 32.5 Å². The minimum Gasteiger partial charge on any atom is -0.469 e. The number of ether oxygens (including phenoxy) is 1. The third-order valence-corrected chi connectivity index (χ3v) is 4.88. The third kappa shape index (κ3) is 4.00. The molecule has 2 atom stereocenters. The highest BCUT2D eigenvalue weighted by molar-refractivity contribution is 7.99. The van der Waals surface area contributed by atoms with Crippen molar-refractivity contribution in [1.82, 2.24) is 4.90 Å². The van der Waals surface area contributed by atoms with Crippen molar-refractivity contribution in [2.24, 2.45) is 11.8 Å². The molecule has 0 spiro atoms. The summed E-state index contributed by atoms with van der Waals surface area (Å²) in [6.07, 6.45) is 0. The van der Waals surface area contributed by atoms with Crippen LogP contribution in [0.1, 0.15) is 12.5 Å². The van der Waals surface area contributed by atoms with Gasteiger partial charge in [-0.2, -0.15) is 0 Å². The number of rotatable bonds is 5. The lowest BCUT2D eigenvalue weighted by atomic mass is 9.99. The predicted octanol–water partition coefficient (Wildman–Crippen LogP) is 2.83. The number of thioether (sulfide) groups is 1. The highest BCUT2D eigenvalue weighted by atomic mass is 32.2. The van der Waals surface area contributed by atoms with Gasteiger partial charge in [-0.1, -0.05) is 24.6 Å². The lowest BCUT2D eigenvalue weighted by Crippen LogP contribution is -2.26. The van der Waals surface area contributed by atoms with Gasteiger partial charge in [-0.25, -0.2) is 0 Å². The molecule has 0 aromatic heterocycles. The normalized spacial score (nSPS) is 22.9. The van der Waals surface area contributed by atoms with Crippen molar-refractivity contribution < 1.29 is 9.53 Å². The van der Waals surface area contributed by atoms with Gasteiger partial charge in [0.2, 0.25) is 0 Å². The summed E-state index contributed by atoms with van der Waals surface area (Å²) >= 11 is 1.87. The Hall–Kier alpha value is -1.00. The molecule has 1 aliphatic heterocycles. The number of aryl methyl sites for hydroxylation is 1. The van der Waals surface area contributed by atoms with Crippen molar-refractivity contribution in [2.45, 2.75) is 18.7 Å². The van der Waals surface area contributed by atoms with Crippen LogP contribution < -0.4 is 0 Å². The van der Waals surface area contributed by atoms with Gasteiger partial charge in [-0.3, -0.25) is 4.79 Å². The van der Waals surface area contributed by atoms with Crippen molar-refractivity contribution in [3.8, 4) is 0 Å². The lowest BCUT2D eigenvalue weighted by Gasteiger charge is -2.14. The first-order valence-corrected chi connectivity index (χ1v) is 8.08.